The molecule has 1 aliphatic heterocycles. The summed E-state index contributed by atoms with van der Waals surface area (Å²) < 4.78 is 0. The van der Waals surface area contributed by atoms with Gasteiger partial charge in [-0.15, -0.1) is 0 Å². The van der Waals surface area contributed by atoms with E-state index in [1.165, 1.54) is 0 Å². The fourth-order valence-corrected chi connectivity index (χ4v) is 1.32. The molecule has 0 spiro atoms. The van der Waals surface area contributed by atoms with E-state index >= 15 is 0 Å². The van der Waals surface area contributed by atoms with Gasteiger partial charge in [0.15, 0.2) is 0 Å². The summed E-state index contributed by atoms with van der Waals surface area (Å²) in [6, 6.07) is 1.70. The number of carbonyl (C=O) groups is 1. The van der Waals surface area contributed by atoms with E-state index in [1.807, 2.05) is 0 Å². The van der Waals surface area contributed by atoms with Crippen LogP contribution < -0.4 is 0 Å². The Hall–Kier alpha value is -1.45. The van der Waals surface area contributed by atoms with Crippen molar-refractivity contribution in [1.29, 1.82) is 0 Å². The van der Waals surface area contributed by atoms with Crippen molar-refractivity contribution in [2.24, 2.45) is 0 Å². The molecular formula is C9H10N3O. The van der Waals surface area contributed by atoms with E-state index in [0.717, 1.165) is 19.5 Å². The van der Waals surface area contributed by atoms with Crippen molar-refractivity contribution in [3.05, 3.63) is 30.7 Å². The zero-order chi connectivity index (χ0) is 9.10. The minimum Gasteiger partial charge on any atom is -0.336 e. The molecule has 0 N–H and O–H groups in total. The SMILES string of the molecule is O=C(c1ncccn1)N1C[CH]CC1. The average Bonchev–Trinajstić information content (AvgIpc) is 2.71. The molecule has 0 bridgehead atoms. The third-order valence-corrected chi connectivity index (χ3v) is 2.00. The Morgan fingerprint density at radius 3 is 2.77 bits per heavy atom. The van der Waals surface area contributed by atoms with Crippen molar-refractivity contribution in [2.75, 3.05) is 13.1 Å². The summed E-state index contributed by atoms with van der Waals surface area (Å²) in [5.41, 5.74) is 0. The quantitative estimate of drug-likeness (QED) is 0.627. The van der Waals surface area contributed by atoms with Crippen LogP contribution in [0.5, 0.6) is 0 Å². The van der Waals surface area contributed by atoms with Gasteiger partial charge in [-0.2, -0.15) is 0 Å². The van der Waals surface area contributed by atoms with Gasteiger partial charge in [-0.25, -0.2) is 9.97 Å². The van der Waals surface area contributed by atoms with E-state index in [0.29, 0.717) is 0 Å². The number of hydrogen-bond acceptors (Lipinski definition) is 3. The van der Waals surface area contributed by atoms with Gasteiger partial charge in [-0.05, 0) is 18.9 Å². The van der Waals surface area contributed by atoms with Crippen LogP contribution in [-0.4, -0.2) is 33.9 Å². The second kappa shape index (κ2) is 3.51. The number of aromatic nitrogens is 2. The maximum atomic E-state index is 11.6. The lowest BCUT2D eigenvalue weighted by Gasteiger charge is -2.12. The molecule has 2 heterocycles. The van der Waals surface area contributed by atoms with Gasteiger partial charge in [0.25, 0.3) is 5.91 Å². The molecule has 1 amide bonds. The summed E-state index contributed by atoms with van der Waals surface area (Å²) in [5.74, 6) is 0.215. The monoisotopic (exact) mass is 176 g/mol. The number of likely N-dealkylation sites (tertiary alicyclic amines) is 1. The van der Waals surface area contributed by atoms with Crippen LogP contribution in [0.1, 0.15) is 17.0 Å². The summed E-state index contributed by atoms with van der Waals surface area (Å²) >= 11 is 0. The van der Waals surface area contributed by atoms with Crippen LogP contribution in [0.3, 0.4) is 0 Å². The topological polar surface area (TPSA) is 46.1 Å². The molecule has 0 unspecified atom stereocenters. The first-order chi connectivity index (χ1) is 6.38. The van der Waals surface area contributed by atoms with Crippen LogP contribution in [0.4, 0.5) is 0 Å². The molecule has 0 aliphatic carbocycles. The molecule has 4 heteroatoms. The molecule has 0 atom stereocenters. The number of hydrogen-bond donors (Lipinski definition) is 0. The minimum absolute atomic E-state index is 0.0747. The third-order valence-electron chi connectivity index (χ3n) is 2.00. The molecule has 1 saturated heterocycles. The molecule has 4 nitrogen and oxygen atoms in total. The van der Waals surface area contributed by atoms with E-state index in [2.05, 4.69) is 16.4 Å². The molecule has 1 aliphatic rings. The van der Waals surface area contributed by atoms with Crippen molar-refractivity contribution in [1.82, 2.24) is 14.9 Å². The minimum atomic E-state index is -0.0747. The number of rotatable bonds is 1. The van der Waals surface area contributed by atoms with E-state index in [9.17, 15) is 4.79 Å². The van der Waals surface area contributed by atoms with Crippen molar-refractivity contribution < 1.29 is 4.79 Å². The fraction of sp³-hybridized carbons (Fsp3) is 0.333. The second-order valence-corrected chi connectivity index (χ2v) is 2.90. The molecule has 67 valence electrons. The van der Waals surface area contributed by atoms with Gasteiger partial charge in [0.05, 0.1) is 0 Å². The summed E-state index contributed by atoms with van der Waals surface area (Å²) in [7, 11) is 0. The summed E-state index contributed by atoms with van der Waals surface area (Å²) in [6.45, 7) is 1.51. The molecule has 1 aromatic rings. The van der Waals surface area contributed by atoms with Gasteiger partial charge in [-0.3, -0.25) is 4.79 Å². The van der Waals surface area contributed by atoms with Gasteiger partial charge in [0.1, 0.15) is 0 Å². The maximum Gasteiger partial charge on any atom is 0.291 e. The van der Waals surface area contributed by atoms with Gasteiger partial charge in [0.2, 0.25) is 5.82 Å². The lowest BCUT2D eigenvalue weighted by Crippen LogP contribution is -2.29. The standard InChI is InChI=1S/C9H10N3O/c13-9(12-6-1-2-7-12)8-10-4-3-5-11-8/h1,3-5H,2,6-7H2. The molecule has 1 radical (unpaired) electrons. The highest BCUT2D eigenvalue weighted by Crippen LogP contribution is 2.08. The molecular weight excluding hydrogens is 166 g/mol. The van der Waals surface area contributed by atoms with Gasteiger partial charge in [-0.1, -0.05) is 0 Å². The molecule has 1 fully saturated rings. The van der Waals surface area contributed by atoms with Crippen LogP contribution in [0.25, 0.3) is 0 Å². The Morgan fingerprint density at radius 1 is 1.38 bits per heavy atom. The number of amides is 1. The highest BCUT2D eigenvalue weighted by atomic mass is 16.2. The van der Waals surface area contributed by atoms with Crippen molar-refractivity contribution in [2.45, 2.75) is 6.42 Å². The van der Waals surface area contributed by atoms with Crippen molar-refractivity contribution in [3.8, 4) is 0 Å². The Kier molecular flexibility index (Phi) is 2.21. The third kappa shape index (κ3) is 1.66. The van der Waals surface area contributed by atoms with Crippen LogP contribution in [-0.2, 0) is 0 Å². The molecule has 2 rings (SSSR count). The summed E-state index contributed by atoms with van der Waals surface area (Å²) in [6.07, 6.45) is 6.22. The molecule has 0 aromatic carbocycles. The highest BCUT2D eigenvalue weighted by molar-refractivity contribution is 5.90. The van der Waals surface area contributed by atoms with Gasteiger partial charge < -0.3 is 4.90 Å². The fourth-order valence-electron chi connectivity index (χ4n) is 1.32. The predicted molar refractivity (Wildman–Crippen MR) is 46.9 cm³/mol. The molecule has 1 aromatic heterocycles. The number of nitrogens with zero attached hydrogens (tertiary/aromatic N) is 3. The Labute approximate surface area is 76.6 Å². The van der Waals surface area contributed by atoms with E-state index in [1.54, 1.807) is 23.4 Å². The van der Waals surface area contributed by atoms with Gasteiger partial charge >= 0.3 is 0 Å². The van der Waals surface area contributed by atoms with Crippen LogP contribution >= 0.6 is 0 Å². The average molecular weight is 176 g/mol. The molecule has 0 saturated carbocycles. The smallest absolute Gasteiger partial charge is 0.291 e. The lowest BCUT2D eigenvalue weighted by atomic mass is 10.4. The highest BCUT2D eigenvalue weighted by Gasteiger charge is 2.20. The largest absolute Gasteiger partial charge is 0.336 e. The Morgan fingerprint density at radius 2 is 2.15 bits per heavy atom. The second-order valence-electron chi connectivity index (χ2n) is 2.90. The zero-order valence-corrected chi connectivity index (χ0v) is 7.18. The summed E-state index contributed by atoms with van der Waals surface area (Å²) in [5, 5.41) is 0. The summed E-state index contributed by atoms with van der Waals surface area (Å²) in [4.78, 5) is 21.2. The van der Waals surface area contributed by atoms with E-state index in [4.69, 9.17) is 0 Å². The van der Waals surface area contributed by atoms with Crippen molar-refractivity contribution >= 4 is 5.91 Å². The van der Waals surface area contributed by atoms with Crippen LogP contribution in [0.2, 0.25) is 0 Å². The lowest BCUT2D eigenvalue weighted by molar-refractivity contribution is 0.0784. The first-order valence-electron chi connectivity index (χ1n) is 4.26. The first kappa shape index (κ1) is 8.16. The van der Waals surface area contributed by atoms with E-state index in [-0.39, 0.29) is 11.7 Å². The molecule has 13 heavy (non-hydrogen) atoms. The van der Waals surface area contributed by atoms with Crippen LogP contribution in [0.15, 0.2) is 18.5 Å². The first-order valence-corrected chi connectivity index (χ1v) is 4.26. The maximum absolute atomic E-state index is 11.6. The Bertz CT molecular complexity index is 293. The van der Waals surface area contributed by atoms with Crippen LogP contribution in [0, 0.1) is 6.42 Å². The Balaban J connectivity index is 2.13. The van der Waals surface area contributed by atoms with Crippen molar-refractivity contribution in [3.63, 3.8) is 0 Å². The van der Waals surface area contributed by atoms with Gasteiger partial charge in [0, 0.05) is 25.5 Å². The predicted octanol–water partition coefficient (Wildman–Crippen LogP) is 0.527. The van der Waals surface area contributed by atoms with E-state index < -0.39 is 0 Å². The number of carbonyl (C=O) groups excluding carboxylic acids is 1. The normalized spacial score (nSPS) is 16.2. The zero-order valence-electron chi connectivity index (χ0n) is 7.18.